The second-order valence-electron chi connectivity index (χ2n) is 6.22. The number of likely N-dealkylation sites (tertiary alicyclic amines) is 1. The van der Waals surface area contributed by atoms with E-state index in [-0.39, 0.29) is 10.7 Å². The Morgan fingerprint density at radius 3 is 2.58 bits per heavy atom. The average Bonchev–Trinajstić information content (AvgIpc) is 3.07. The van der Waals surface area contributed by atoms with Crippen LogP contribution in [0.2, 0.25) is 0 Å². The quantitative estimate of drug-likeness (QED) is 0.761. The number of ketones is 1. The predicted octanol–water partition coefficient (Wildman–Crippen LogP) is 2.37. The summed E-state index contributed by atoms with van der Waals surface area (Å²) in [7, 11) is 0. The number of halogens is 1. The zero-order valence-electron chi connectivity index (χ0n) is 14.5. The van der Waals surface area contributed by atoms with Gasteiger partial charge >= 0.3 is 5.97 Å². The molecule has 1 fully saturated rings. The predicted molar refractivity (Wildman–Crippen MR) is 94.3 cm³/mol. The van der Waals surface area contributed by atoms with Gasteiger partial charge in [-0.15, -0.1) is 0 Å². The summed E-state index contributed by atoms with van der Waals surface area (Å²) in [5.41, 5.74) is 0.0691. The van der Waals surface area contributed by atoms with Crippen molar-refractivity contribution in [2.75, 3.05) is 6.54 Å². The number of hydrogen-bond acceptors (Lipinski definition) is 5. The Kier molecular flexibility index (Phi) is 6.52. The van der Waals surface area contributed by atoms with Gasteiger partial charge in [-0.3, -0.25) is 14.4 Å². The number of carboxylic acid groups (broad SMARTS) is 1. The fourth-order valence-electron chi connectivity index (χ4n) is 3.05. The number of carboxylic acids is 1. The summed E-state index contributed by atoms with van der Waals surface area (Å²) in [6, 6.07) is 4.14. The van der Waals surface area contributed by atoms with Crippen LogP contribution >= 0.6 is 11.8 Å². The lowest BCUT2D eigenvalue weighted by Gasteiger charge is -2.28. The highest BCUT2D eigenvalue weighted by atomic mass is 32.2. The number of hydrogen-bond donors (Lipinski definition) is 1. The lowest BCUT2D eigenvalue weighted by atomic mass is 9.97. The van der Waals surface area contributed by atoms with Crippen LogP contribution in [0.5, 0.6) is 0 Å². The molecule has 8 heteroatoms. The summed E-state index contributed by atoms with van der Waals surface area (Å²) in [4.78, 5) is 49.7. The molecule has 1 aliphatic heterocycles. The van der Waals surface area contributed by atoms with Crippen molar-refractivity contribution < 1.29 is 28.7 Å². The van der Waals surface area contributed by atoms with Crippen LogP contribution in [0.15, 0.2) is 24.3 Å². The van der Waals surface area contributed by atoms with E-state index in [4.69, 9.17) is 0 Å². The third-order valence-electron chi connectivity index (χ3n) is 4.33. The highest BCUT2D eigenvalue weighted by molar-refractivity contribution is 8.14. The molecule has 0 spiro atoms. The molecule has 1 saturated heterocycles. The number of carbonyl (C=O) groups is 4. The van der Waals surface area contributed by atoms with Crippen molar-refractivity contribution in [3.8, 4) is 0 Å². The molecule has 1 aromatic carbocycles. The molecule has 0 aliphatic carbocycles. The maximum atomic E-state index is 13.4. The van der Waals surface area contributed by atoms with Gasteiger partial charge < -0.3 is 10.0 Å². The van der Waals surface area contributed by atoms with Gasteiger partial charge in [-0.05, 0) is 25.0 Å². The van der Waals surface area contributed by atoms with Crippen molar-refractivity contribution in [2.45, 2.75) is 38.0 Å². The molecule has 1 aliphatic rings. The van der Waals surface area contributed by atoms with Crippen LogP contribution < -0.4 is 0 Å². The molecule has 1 amide bonds. The van der Waals surface area contributed by atoms with E-state index in [0.717, 1.165) is 6.07 Å². The molecule has 26 heavy (non-hydrogen) atoms. The lowest BCUT2D eigenvalue weighted by Crippen LogP contribution is -2.46. The Labute approximate surface area is 154 Å². The summed E-state index contributed by atoms with van der Waals surface area (Å²) < 4.78 is 13.4. The van der Waals surface area contributed by atoms with Crippen molar-refractivity contribution >= 4 is 34.5 Å². The second-order valence-corrected chi connectivity index (χ2v) is 7.54. The summed E-state index contributed by atoms with van der Waals surface area (Å²) in [5.74, 6) is -3.61. The highest BCUT2D eigenvalue weighted by Gasteiger charge is 2.40. The van der Waals surface area contributed by atoms with E-state index in [0.29, 0.717) is 31.1 Å². The van der Waals surface area contributed by atoms with Crippen molar-refractivity contribution in [1.82, 2.24) is 4.90 Å². The molecule has 0 saturated carbocycles. The van der Waals surface area contributed by atoms with Crippen LogP contribution in [0.25, 0.3) is 0 Å². The lowest BCUT2D eigenvalue weighted by molar-refractivity contribution is -0.149. The van der Waals surface area contributed by atoms with Crippen molar-refractivity contribution in [3.63, 3.8) is 0 Å². The van der Waals surface area contributed by atoms with Crippen LogP contribution in [0.3, 0.4) is 0 Å². The van der Waals surface area contributed by atoms with E-state index in [2.05, 4.69) is 0 Å². The molecule has 140 valence electrons. The van der Waals surface area contributed by atoms with Gasteiger partial charge in [0.15, 0.2) is 10.9 Å². The molecular weight excluding hydrogens is 361 g/mol. The van der Waals surface area contributed by atoms with Crippen LogP contribution in [0.1, 0.15) is 37.0 Å². The maximum absolute atomic E-state index is 13.4. The van der Waals surface area contributed by atoms with Gasteiger partial charge in [0.05, 0.1) is 11.2 Å². The zero-order valence-corrected chi connectivity index (χ0v) is 15.3. The van der Waals surface area contributed by atoms with Crippen molar-refractivity contribution in [3.05, 3.63) is 35.6 Å². The van der Waals surface area contributed by atoms with Crippen molar-refractivity contribution in [2.24, 2.45) is 5.92 Å². The molecule has 0 unspecified atom stereocenters. The monoisotopic (exact) mass is 381 g/mol. The zero-order chi connectivity index (χ0) is 19.4. The Bertz CT molecular complexity index is 738. The molecule has 3 atom stereocenters. The van der Waals surface area contributed by atoms with Gasteiger partial charge in [0.2, 0.25) is 5.91 Å². The minimum atomic E-state index is -1.09. The van der Waals surface area contributed by atoms with E-state index in [9.17, 15) is 28.7 Å². The van der Waals surface area contributed by atoms with E-state index in [1.165, 1.54) is 36.9 Å². The first-order valence-corrected chi connectivity index (χ1v) is 9.10. The first-order chi connectivity index (χ1) is 12.2. The average molecular weight is 381 g/mol. The molecule has 0 bridgehead atoms. The van der Waals surface area contributed by atoms with E-state index in [1.807, 2.05) is 0 Å². The van der Waals surface area contributed by atoms with Crippen molar-refractivity contribution in [1.29, 1.82) is 0 Å². The fourth-order valence-corrected chi connectivity index (χ4v) is 3.97. The Morgan fingerprint density at radius 2 is 2.00 bits per heavy atom. The third kappa shape index (κ3) is 4.49. The largest absolute Gasteiger partial charge is 0.480 e. The highest BCUT2D eigenvalue weighted by Crippen LogP contribution is 2.29. The molecular formula is C18H20FNO5S. The number of benzene rings is 1. The fraction of sp³-hybridized carbons (Fsp3) is 0.444. The van der Waals surface area contributed by atoms with Gasteiger partial charge in [0, 0.05) is 19.0 Å². The number of Topliss-reactive ketones (excluding diaryl/α,β-unsaturated/α-hetero) is 1. The Hall–Kier alpha value is -2.22. The number of amides is 1. The second kappa shape index (κ2) is 8.44. The van der Waals surface area contributed by atoms with Gasteiger partial charge in [0.1, 0.15) is 11.9 Å². The first-order valence-electron chi connectivity index (χ1n) is 8.22. The summed E-state index contributed by atoms with van der Waals surface area (Å²) >= 11 is 0.707. The van der Waals surface area contributed by atoms with E-state index < -0.39 is 40.7 Å². The first kappa shape index (κ1) is 20.1. The molecule has 0 radical (unpaired) electrons. The number of thioether (sulfide) groups is 1. The number of nitrogens with zero attached hydrogens (tertiary/aromatic N) is 1. The molecule has 1 aromatic rings. The molecule has 6 nitrogen and oxygen atoms in total. The van der Waals surface area contributed by atoms with Crippen LogP contribution in [-0.4, -0.2) is 50.6 Å². The number of rotatable bonds is 6. The Morgan fingerprint density at radius 1 is 1.31 bits per heavy atom. The standard InChI is InChI=1S/C18H20FNO5S/c1-10(17(23)20-8-4-7-14(20)18(24)25)16(26-11(2)21)15(22)12-5-3-6-13(19)9-12/h3,5-6,9-10,14,16H,4,7-8H2,1-2H3,(H,24,25)/t10-,14+,16+/m0/s1. The minimum Gasteiger partial charge on any atom is -0.480 e. The van der Waals surface area contributed by atoms with Gasteiger partial charge in [-0.25, -0.2) is 9.18 Å². The van der Waals surface area contributed by atoms with E-state index in [1.54, 1.807) is 0 Å². The molecule has 2 rings (SSSR count). The summed E-state index contributed by atoms with van der Waals surface area (Å²) in [6.45, 7) is 3.08. The molecule has 1 N–H and O–H groups in total. The Balaban J connectivity index is 2.27. The minimum absolute atomic E-state index is 0.0691. The maximum Gasteiger partial charge on any atom is 0.326 e. The van der Waals surface area contributed by atoms with Gasteiger partial charge in [0.25, 0.3) is 0 Å². The molecule has 0 aromatic heterocycles. The summed E-state index contributed by atoms with van der Waals surface area (Å²) in [6.07, 6.45) is 0.925. The number of aliphatic carboxylic acids is 1. The third-order valence-corrected chi connectivity index (χ3v) is 5.53. The van der Waals surface area contributed by atoms with E-state index >= 15 is 0 Å². The van der Waals surface area contributed by atoms with Crippen LogP contribution in [0, 0.1) is 11.7 Å². The van der Waals surface area contributed by atoms with Gasteiger partial charge in [-0.1, -0.05) is 30.8 Å². The van der Waals surface area contributed by atoms with Crippen LogP contribution in [0.4, 0.5) is 4.39 Å². The normalized spacial score (nSPS) is 19.0. The SMILES string of the molecule is CC(=O)S[C@@H](C(=O)c1cccc(F)c1)[C@H](C)C(=O)N1CCC[C@@H]1C(=O)O. The van der Waals surface area contributed by atoms with Crippen LogP contribution in [-0.2, 0) is 14.4 Å². The summed E-state index contributed by atoms with van der Waals surface area (Å²) in [5, 5.41) is 7.86. The smallest absolute Gasteiger partial charge is 0.326 e. The van der Waals surface area contributed by atoms with Gasteiger partial charge in [-0.2, -0.15) is 0 Å². The molecule has 1 heterocycles. The number of carbonyl (C=O) groups excluding carboxylic acids is 3. The topological polar surface area (TPSA) is 91.8 Å².